The Morgan fingerprint density at radius 2 is 2.05 bits per heavy atom. The summed E-state index contributed by atoms with van der Waals surface area (Å²) in [4.78, 5) is 4.45. The van der Waals surface area contributed by atoms with Gasteiger partial charge in [0.25, 0.3) is 0 Å². The lowest BCUT2D eigenvalue weighted by Gasteiger charge is -2.39. The van der Waals surface area contributed by atoms with Gasteiger partial charge in [-0.2, -0.15) is 0 Å². The number of imidazole rings is 1. The monoisotopic (exact) mass is 318 g/mol. The molecule has 0 bridgehead atoms. The fraction of sp³-hybridized carbons (Fsp3) is 0.471. The van der Waals surface area contributed by atoms with E-state index in [0.717, 1.165) is 16.6 Å². The summed E-state index contributed by atoms with van der Waals surface area (Å²) in [5, 5.41) is 10.5. The van der Waals surface area contributed by atoms with Crippen molar-refractivity contribution in [1.82, 2.24) is 9.55 Å². The minimum absolute atomic E-state index is 0.0943. The van der Waals surface area contributed by atoms with Gasteiger partial charge in [-0.15, -0.1) is 0 Å². The number of hydrogen-bond acceptors (Lipinski definition) is 4. The summed E-state index contributed by atoms with van der Waals surface area (Å²) in [6.45, 7) is 5.84. The number of rotatable bonds is 6. The predicted molar refractivity (Wildman–Crippen MR) is 88.7 cm³/mol. The van der Waals surface area contributed by atoms with Crippen molar-refractivity contribution in [3.63, 3.8) is 0 Å². The lowest BCUT2D eigenvalue weighted by atomic mass is 9.90. The molecular formula is C17H22N2O2S. The quantitative estimate of drug-likeness (QED) is 0.832. The van der Waals surface area contributed by atoms with Crippen LogP contribution in [0.15, 0.2) is 41.8 Å². The Hall–Kier alpha value is -1.30. The molecule has 118 valence electrons. The van der Waals surface area contributed by atoms with E-state index in [1.165, 1.54) is 5.56 Å². The number of benzene rings is 1. The Balaban J connectivity index is 1.74. The molecule has 1 aliphatic heterocycles. The topological polar surface area (TPSA) is 47.3 Å². The second-order valence-corrected chi connectivity index (χ2v) is 7.21. The Morgan fingerprint density at radius 1 is 1.32 bits per heavy atom. The van der Waals surface area contributed by atoms with Crippen LogP contribution < -0.4 is 0 Å². The molecule has 0 amide bonds. The largest absolute Gasteiger partial charge is 0.396 e. The van der Waals surface area contributed by atoms with Crippen LogP contribution in [0.25, 0.3) is 5.69 Å². The minimum atomic E-state index is -0.0943. The summed E-state index contributed by atoms with van der Waals surface area (Å²) >= 11 is 1.68. The summed E-state index contributed by atoms with van der Waals surface area (Å²) < 4.78 is 7.35. The second-order valence-electron chi connectivity index (χ2n) is 6.27. The number of ether oxygens (including phenoxy) is 1. The SMILES string of the molecule is CC(C)c1ccc(-n2ccnc2SCC2(CO)COC2)cc1. The molecule has 0 spiro atoms. The molecule has 1 aromatic heterocycles. The van der Waals surface area contributed by atoms with Crippen LogP contribution in [0.2, 0.25) is 0 Å². The first-order valence-electron chi connectivity index (χ1n) is 7.59. The highest BCUT2D eigenvalue weighted by molar-refractivity contribution is 7.99. The van der Waals surface area contributed by atoms with Gasteiger partial charge in [-0.25, -0.2) is 4.98 Å². The van der Waals surface area contributed by atoms with E-state index in [1.807, 2.05) is 12.4 Å². The van der Waals surface area contributed by atoms with Crippen LogP contribution in [0.3, 0.4) is 0 Å². The second kappa shape index (κ2) is 6.44. The third kappa shape index (κ3) is 3.07. The molecule has 4 nitrogen and oxygen atoms in total. The third-order valence-corrected chi connectivity index (χ3v) is 5.42. The molecule has 1 N–H and O–H groups in total. The Labute approximate surface area is 135 Å². The third-order valence-electron chi connectivity index (χ3n) is 4.10. The molecule has 5 heteroatoms. The first-order valence-corrected chi connectivity index (χ1v) is 8.57. The van der Waals surface area contributed by atoms with E-state index in [0.29, 0.717) is 19.1 Å². The zero-order valence-corrected chi connectivity index (χ0v) is 13.8. The van der Waals surface area contributed by atoms with Crippen LogP contribution in [0.1, 0.15) is 25.3 Å². The fourth-order valence-corrected chi connectivity index (χ4v) is 3.58. The van der Waals surface area contributed by atoms with Crippen LogP contribution in [0, 0.1) is 5.41 Å². The van der Waals surface area contributed by atoms with E-state index >= 15 is 0 Å². The summed E-state index contributed by atoms with van der Waals surface area (Å²) in [5.74, 6) is 1.36. The molecular weight excluding hydrogens is 296 g/mol. The number of nitrogens with zero attached hydrogens (tertiary/aromatic N) is 2. The van der Waals surface area contributed by atoms with Gasteiger partial charge in [0.1, 0.15) is 0 Å². The maximum Gasteiger partial charge on any atom is 0.172 e. The van der Waals surface area contributed by atoms with Gasteiger partial charge in [0, 0.05) is 29.2 Å². The highest BCUT2D eigenvalue weighted by atomic mass is 32.2. The molecule has 1 aromatic carbocycles. The van der Waals surface area contributed by atoms with Gasteiger partial charge in [-0.3, -0.25) is 4.57 Å². The van der Waals surface area contributed by atoms with Gasteiger partial charge in [-0.1, -0.05) is 37.7 Å². The van der Waals surface area contributed by atoms with Crippen molar-refractivity contribution in [3.05, 3.63) is 42.2 Å². The van der Waals surface area contributed by atoms with Gasteiger partial charge in [0.15, 0.2) is 5.16 Å². The molecule has 0 radical (unpaired) electrons. The Bertz CT molecular complexity index is 612. The van der Waals surface area contributed by atoms with Crippen molar-refractivity contribution < 1.29 is 9.84 Å². The van der Waals surface area contributed by atoms with E-state index < -0.39 is 0 Å². The molecule has 3 rings (SSSR count). The lowest BCUT2D eigenvalue weighted by molar-refractivity contribution is -0.121. The number of hydrogen-bond donors (Lipinski definition) is 1. The van der Waals surface area contributed by atoms with Gasteiger partial charge in [0.2, 0.25) is 0 Å². The summed E-state index contributed by atoms with van der Waals surface area (Å²) in [7, 11) is 0. The van der Waals surface area contributed by atoms with Gasteiger partial charge < -0.3 is 9.84 Å². The first kappa shape index (κ1) is 15.6. The average Bonchev–Trinajstić information content (AvgIpc) is 2.95. The van der Waals surface area contributed by atoms with E-state index in [9.17, 15) is 5.11 Å². The van der Waals surface area contributed by atoms with E-state index in [2.05, 4.69) is 47.7 Å². The molecule has 0 saturated carbocycles. The normalized spacial score (nSPS) is 16.7. The molecule has 2 aromatic rings. The molecule has 1 fully saturated rings. The van der Waals surface area contributed by atoms with Crippen molar-refractivity contribution >= 4 is 11.8 Å². The predicted octanol–water partition coefficient (Wildman–Crippen LogP) is 3.10. The first-order chi connectivity index (χ1) is 10.6. The number of aliphatic hydroxyl groups is 1. The number of aliphatic hydroxyl groups excluding tert-OH is 1. The van der Waals surface area contributed by atoms with E-state index in [1.54, 1.807) is 11.8 Å². The Kier molecular flexibility index (Phi) is 4.57. The zero-order chi connectivity index (χ0) is 15.6. The van der Waals surface area contributed by atoms with Crippen molar-refractivity contribution in [2.75, 3.05) is 25.6 Å². The highest BCUT2D eigenvalue weighted by Gasteiger charge is 2.38. The van der Waals surface area contributed by atoms with Crippen molar-refractivity contribution in [3.8, 4) is 5.69 Å². The smallest absolute Gasteiger partial charge is 0.172 e. The molecule has 0 atom stereocenters. The zero-order valence-electron chi connectivity index (χ0n) is 13.0. The van der Waals surface area contributed by atoms with E-state index in [4.69, 9.17) is 4.74 Å². The van der Waals surface area contributed by atoms with E-state index in [-0.39, 0.29) is 12.0 Å². The van der Waals surface area contributed by atoms with Crippen LogP contribution in [0.5, 0.6) is 0 Å². The van der Waals surface area contributed by atoms with Crippen LogP contribution in [-0.4, -0.2) is 40.2 Å². The highest BCUT2D eigenvalue weighted by Crippen LogP contribution is 2.34. The molecule has 0 aliphatic carbocycles. The Morgan fingerprint density at radius 3 is 2.59 bits per heavy atom. The summed E-state index contributed by atoms with van der Waals surface area (Å²) in [6.07, 6.45) is 3.80. The maximum atomic E-state index is 9.51. The van der Waals surface area contributed by atoms with Crippen LogP contribution in [0.4, 0.5) is 0 Å². The van der Waals surface area contributed by atoms with Crippen LogP contribution in [-0.2, 0) is 4.74 Å². The van der Waals surface area contributed by atoms with Crippen molar-refractivity contribution in [2.45, 2.75) is 24.9 Å². The number of thioether (sulfide) groups is 1. The minimum Gasteiger partial charge on any atom is -0.396 e. The number of aromatic nitrogens is 2. The van der Waals surface area contributed by atoms with Crippen LogP contribution >= 0.6 is 11.8 Å². The standard InChI is InChI=1S/C17H22N2O2S/c1-13(2)14-3-5-15(6-4-14)19-8-7-18-16(19)22-12-17(9-20)10-21-11-17/h3-8,13,20H,9-12H2,1-2H3. The van der Waals surface area contributed by atoms with Gasteiger partial charge >= 0.3 is 0 Å². The van der Waals surface area contributed by atoms with Crippen molar-refractivity contribution in [2.24, 2.45) is 5.41 Å². The molecule has 0 unspecified atom stereocenters. The van der Waals surface area contributed by atoms with Gasteiger partial charge in [0.05, 0.1) is 19.8 Å². The summed E-state index contributed by atoms with van der Waals surface area (Å²) in [5.41, 5.74) is 2.36. The average molecular weight is 318 g/mol. The molecule has 1 aliphatic rings. The molecule has 2 heterocycles. The van der Waals surface area contributed by atoms with Crippen molar-refractivity contribution in [1.29, 1.82) is 0 Å². The lowest BCUT2D eigenvalue weighted by Crippen LogP contribution is -2.47. The fourth-order valence-electron chi connectivity index (χ4n) is 2.44. The summed E-state index contributed by atoms with van der Waals surface area (Å²) in [6, 6.07) is 8.61. The van der Waals surface area contributed by atoms with Gasteiger partial charge in [-0.05, 0) is 23.6 Å². The maximum absolute atomic E-state index is 9.51. The molecule has 1 saturated heterocycles. The molecule has 22 heavy (non-hydrogen) atoms.